The van der Waals surface area contributed by atoms with Crippen molar-refractivity contribution in [3.05, 3.63) is 100 Å². The Morgan fingerprint density at radius 2 is 0.974 bits per heavy atom. The van der Waals surface area contributed by atoms with E-state index in [0.29, 0.717) is 17.6 Å². The van der Waals surface area contributed by atoms with Gasteiger partial charge in [-0.25, -0.2) is 0 Å². The second kappa shape index (κ2) is 17.2. The van der Waals surface area contributed by atoms with Crippen LogP contribution in [0.5, 0.6) is 5.75 Å². The van der Waals surface area contributed by atoms with Gasteiger partial charge in [0.05, 0.1) is 0 Å². The minimum absolute atomic E-state index is 0.370. The molecule has 39 heavy (non-hydrogen) atoms. The Kier molecular flexibility index (Phi) is 13.7. The van der Waals surface area contributed by atoms with Crippen LogP contribution < -0.4 is 0 Å². The van der Waals surface area contributed by atoms with Gasteiger partial charge in [0.2, 0.25) is 0 Å². The Morgan fingerprint density at radius 3 is 1.51 bits per heavy atom. The van der Waals surface area contributed by atoms with Gasteiger partial charge in [-0.05, 0) is 89.8 Å². The standard InChI is InChI=1S/C38H54O/c1-5-7-9-11-13-20-32-22-15-17-25-35(32)30(3)28-34-24-19-27-38(39)37(34)29-31(4)36-26-18-16-23-33(36)21-14-12-10-8-6-2/h15-19,22-27,30-31,39H,5-14,20-21,28-29H2,1-4H3. The van der Waals surface area contributed by atoms with Crippen molar-refractivity contribution in [2.45, 2.75) is 129 Å². The number of hydrogen-bond donors (Lipinski definition) is 1. The van der Waals surface area contributed by atoms with Crippen LogP contribution in [0.3, 0.4) is 0 Å². The van der Waals surface area contributed by atoms with Crippen LogP contribution in [0.1, 0.15) is 137 Å². The summed E-state index contributed by atoms with van der Waals surface area (Å²) in [5, 5.41) is 11.0. The SMILES string of the molecule is CCCCCCCc1ccccc1C(C)Cc1cccc(O)c1CC(C)c1ccccc1CCCCCCC. The minimum Gasteiger partial charge on any atom is -0.508 e. The van der Waals surface area contributed by atoms with Gasteiger partial charge in [0.25, 0.3) is 0 Å². The van der Waals surface area contributed by atoms with E-state index in [0.717, 1.165) is 24.8 Å². The molecule has 0 saturated carbocycles. The molecule has 3 rings (SSSR count). The van der Waals surface area contributed by atoms with Gasteiger partial charge >= 0.3 is 0 Å². The first-order valence-electron chi connectivity index (χ1n) is 16.0. The Labute approximate surface area is 240 Å². The summed E-state index contributed by atoms with van der Waals surface area (Å²) in [5.41, 5.74) is 8.34. The predicted octanol–water partition coefficient (Wildman–Crippen LogP) is 11.1. The monoisotopic (exact) mass is 526 g/mol. The lowest BCUT2D eigenvalue weighted by atomic mass is 9.83. The number of hydrogen-bond acceptors (Lipinski definition) is 1. The third kappa shape index (κ3) is 9.86. The van der Waals surface area contributed by atoms with Crippen LogP contribution >= 0.6 is 0 Å². The average molecular weight is 527 g/mol. The van der Waals surface area contributed by atoms with Gasteiger partial charge in [0.1, 0.15) is 5.75 Å². The molecule has 0 bridgehead atoms. The summed E-state index contributed by atoms with van der Waals surface area (Å²) < 4.78 is 0. The van der Waals surface area contributed by atoms with E-state index in [1.165, 1.54) is 98.4 Å². The fourth-order valence-electron chi connectivity index (χ4n) is 6.23. The second-order valence-electron chi connectivity index (χ2n) is 11.9. The molecule has 3 aromatic rings. The maximum Gasteiger partial charge on any atom is 0.119 e. The third-order valence-electron chi connectivity index (χ3n) is 8.56. The molecule has 2 atom stereocenters. The van der Waals surface area contributed by atoms with E-state index >= 15 is 0 Å². The van der Waals surface area contributed by atoms with E-state index in [2.05, 4.69) is 82.3 Å². The number of phenols is 1. The van der Waals surface area contributed by atoms with Crippen molar-refractivity contribution in [1.82, 2.24) is 0 Å². The molecule has 0 aliphatic rings. The van der Waals surface area contributed by atoms with Crippen molar-refractivity contribution in [3.63, 3.8) is 0 Å². The highest BCUT2D eigenvalue weighted by molar-refractivity contribution is 5.43. The third-order valence-corrected chi connectivity index (χ3v) is 8.56. The molecule has 0 amide bonds. The number of phenolic OH excluding ortho intramolecular Hbond substituents is 1. The van der Waals surface area contributed by atoms with E-state index in [1.54, 1.807) is 0 Å². The Balaban J connectivity index is 1.71. The molecule has 1 heteroatoms. The zero-order valence-electron chi connectivity index (χ0n) is 25.4. The first-order valence-corrected chi connectivity index (χ1v) is 16.0. The largest absolute Gasteiger partial charge is 0.508 e. The molecule has 1 N–H and O–H groups in total. The zero-order valence-corrected chi connectivity index (χ0v) is 25.4. The summed E-state index contributed by atoms with van der Waals surface area (Å²) >= 11 is 0. The summed E-state index contributed by atoms with van der Waals surface area (Å²) in [6, 6.07) is 24.2. The van der Waals surface area contributed by atoms with Crippen LogP contribution in [0.15, 0.2) is 66.7 Å². The van der Waals surface area contributed by atoms with Crippen molar-refractivity contribution in [2.75, 3.05) is 0 Å². The van der Waals surface area contributed by atoms with E-state index < -0.39 is 0 Å². The maximum atomic E-state index is 11.0. The van der Waals surface area contributed by atoms with Crippen LogP contribution in [0, 0.1) is 0 Å². The number of unbranched alkanes of at least 4 members (excludes halogenated alkanes) is 8. The number of benzene rings is 3. The van der Waals surface area contributed by atoms with Gasteiger partial charge < -0.3 is 5.11 Å². The fraction of sp³-hybridized carbons (Fsp3) is 0.526. The van der Waals surface area contributed by atoms with E-state index in [4.69, 9.17) is 0 Å². The Hall–Kier alpha value is -2.54. The molecular formula is C38H54O. The summed E-state index contributed by atoms with van der Waals surface area (Å²) in [6.07, 6.45) is 17.3. The molecule has 0 radical (unpaired) electrons. The molecule has 212 valence electrons. The average Bonchev–Trinajstić information content (AvgIpc) is 2.95. The highest BCUT2D eigenvalue weighted by Gasteiger charge is 2.19. The molecule has 0 saturated heterocycles. The van der Waals surface area contributed by atoms with Gasteiger partial charge in [-0.3, -0.25) is 0 Å². The van der Waals surface area contributed by atoms with Crippen molar-refractivity contribution >= 4 is 0 Å². The molecule has 0 spiro atoms. The Bertz CT molecular complexity index is 1100. The fourth-order valence-corrected chi connectivity index (χ4v) is 6.23. The number of aromatic hydroxyl groups is 1. The van der Waals surface area contributed by atoms with Gasteiger partial charge in [0.15, 0.2) is 0 Å². The van der Waals surface area contributed by atoms with Crippen molar-refractivity contribution in [2.24, 2.45) is 0 Å². The molecular weight excluding hydrogens is 472 g/mol. The molecule has 3 aromatic carbocycles. The number of aryl methyl sites for hydroxylation is 2. The minimum atomic E-state index is 0.370. The van der Waals surface area contributed by atoms with Crippen molar-refractivity contribution in [3.8, 4) is 5.75 Å². The molecule has 0 aromatic heterocycles. The van der Waals surface area contributed by atoms with Crippen LogP contribution in [0.4, 0.5) is 0 Å². The van der Waals surface area contributed by atoms with E-state index in [9.17, 15) is 5.11 Å². The van der Waals surface area contributed by atoms with Gasteiger partial charge in [0, 0.05) is 0 Å². The Morgan fingerprint density at radius 1 is 0.513 bits per heavy atom. The lowest BCUT2D eigenvalue weighted by Gasteiger charge is -2.22. The van der Waals surface area contributed by atoms with Crippen LogP contribution in [0.25, 0.3) is 0 Å². The van der Waals surface area contributed by atoms with Gasteiger partial charge in [-0.15, -0.1) is 0 Å². The quantitative estimate of drug-likeness (QED) is 0.163. The highest BCUT2D eigenvalue weighted by Crippen LogP contribution is 2.34. The summed E-state index contributed by atoms with van der Waals surface area (Å²) in [4.78, 5) is 0. The first kappa shape index (κ1) is 31.0. The van der Waals surface area contributed by atoms with E-state index in [-0.39, 0.29) is 0 Å². The van der Waals surface area contributed by atoms with E-state index in [1.807, 2.05) is 12.1 Å². The summed E-state index contributed by atoms with van der Waals surface area (Å²) in [7, 11) is 0. The zero-order chi connectivity index (χ0) is 27.9. The molecule has 0 heterocycles. The normalized spacial score (nSPS) is 12.9. The maximum absolute atomic E-state index is 11.0. The molecule has 2 unspecified atom stereocenters. The first-order chi connectivity index (χ1) is 19.0. The summed E-state index contributed by atoms with van der Waals surface area (Å²) in [6.45, 7) is 9.26. The molecule has 1 nitrogen and oxygen atoms in total. The van der Waals surface area contributed by atoms with Crippen molar-refractivity contribution in [1.29, 1.82) is 0 Å². The predicted molar refractivity (Wildman–Crippen MR) is 170 cm³/mol. The topological polar surface area (TPSA) is 20.2 Å². The van der Waals surface area contributed by atoms with Crippen molar-refractivity contribution < 1.29 is 5.11 Å². The second-order valence-corrected chi connectivity index (χ2v) is 11.9. The molecule has 0 aliphatic heterocycles. The van der Waals surface area contributed by atoms with Crippen LogP contribution in [0.2, 0.25) is 0 Å². The molecule has 0 aliphatic carbocycles. The highest BCUT2D eigenvalue weighted by atomic mass is 16.3. The molecule has 0 fully saturated rings. The smallest absolute Gasteiger partial charge is 0.119 e. The summed E-state index contributed by atoms with van der Waals surface area (Å²) in [5.74, 6) is 1.24. The van der Waals surface area contributed by atoms with Crippen LogP contribution in [-0.2, 0) is 25.7 Å². The van der Waals surface area contributed by atoms with Gasteiger partial charge in [-0.2, -0.15) is 0 Å². The van der Waals surface area contributed by atoms with Gasteiger partial charge in [-0.1, -0.05) is 140 Å². The lowest BCUT2D eigenvalue weighted by molar-refractivity contribution is 0.464. The lowest BCUT2D eigenvalue weighted by Crippen LogP contribution is -2.08. The number of rotatable bonds is 18. The van der Waals surface area contributed by atoms with Crippen LogP contribution in [-0.4, -0.2) is 5.11 Å².